The number of aromatic nitrogens is 1. The molecule has 0 amide bonds. The number of carbonyl (C=O) groups excluding carboxylic acids is 2. The van der Waals surface area contributed by atoms with Gasteiger partial charge in [0.05, 0.1) is 20.8 Å². The highest BCUT2D eigenvalue weighted by Gasteiger charge is 2.41. The van der Waals surface area contributed by atoms with E-state index in [0.717, 1.165) is 49.3 Å². The fourth-order valence-corrected chi connectivity index (χ4v) is 7.89. The molecule has 0 saturated carbocycles. The maximum atomic E-state index is 13.6. The Bertz CT molecular complexity index is 1730. The topological polar surface area (TPSA) is 100 Å². The Morgan fingerprint density at radius 2 is 1.61 bits per heavy atom. The summed E-state index contributed by atoms with van der Waals surface area (Å²) in [7, 11) is 3.10. The maximum absolute atomic E-state index is 13.6. The van der Waals surface area contributed by atoms with E-state index in [9.17, 15) is 9.59 Å². The average molecular weight is 726 g/mol. The standard InChI is InChI=1S/C37H39Cl2N3O6S/c1-45-30-10-8-25(18-32(30)46-2)31(19-27-28(38)21-40-22-29(27)39)48-35(43)33-11-9-26(49-33)20-41-34(24-6-4-3-5-7-24)36(44)47-23-37-12-15-42(16-13-37)17-14-37/h3-11,18,21-22,31,34,41H,12-17,19-20,23H2,1-2H3/p+1/t31-,34?/m0/s1. The number of hydrogen-bond acceptors (Lipinski definition) is 9. The number of hydrogen-bond donors (Lipinski definition) is 1. The molecule has 258 valence electrons. The average Bonchev–Trinajstić information content (AvgIpc) is 3.62. The predicted octanol–water partition coefficient (Wildman–Crippen LogP) is 6.89. The van der Waals surface area contributed by atoms with Gasteiger partial charge in [0.15, 0.2) is 23.9 Å². The minimum Gasteiger partial charge on any atom is -0.493 e. The van der Waals surface area contributed by atoms with Crippen molar-refractivity contribution in [2.45, 2.75) is 44.4 Å². The van der Waals surface area contributed by atoms with Gasteiger partial charge in [-0.1, -0.05) is 59.6 Å². The highest BCUT2D eigenvalue weighted by Crippen LogP contribution is 2.40. The van der Waals surface area contributed by atoms with Gasteiger partial charge in [-0.3, -0.25) is 5.32 Å². The first-order chi connectivity index (χ1) is 23.8. The molecule has 2 aromatic heterocycles. The van der Waals surface area contributed by atoms with Crippen molar-refractivity contribution in [2.75, 3.05) is 40.5 Å². The van der Waals surface area contributed by atoms with Crippen LogP contribution in [0, 0.1) is 5.41 Å². The van der Waals surface area contributed by atoms with Crippen LogP contribution in [0.5, 0.6) is 11.5 Å². The molecule has 1 unspecified atom stereocenters. The monoisotopic (exact) mass is 724 g/mol. The fraction of sp³-hybridized carbons (Fsp3) is 0.378. The van der Waals surface area contributed by atoms with E-state index in [1.807, 2.05) is 42.5 Å². The molecule has 9 nitrogen and oxygen atoms in total. The number of thiophene rings is 1. The third kappa shape index (κ3) is 8.38. The number of nitrogens with zero attached hydrogens (tertiary/aromatic N) is 1. The van der Waals surface area contributed by atoms with Gasteiger partial charge in [-0.2, -0.15) is 0 Å². The molecular weight excluding hydrogens is 685 g/mol. The van der Waals surface area contributed by atoms with Gasteiger partial charge in [0.1, 0.15) is 27.1 Å². The van der Waals surface area contributed by atoms with Crippen molar-refractivity contribution in [3.05, 3.63) is 110 Å². The van der Waals surface area contributed by atoms with Gasteiger partial charge >= 0.3 is 11.9 Å². The highest BCUT2D eigenvalue weighted by atomic mass is 35.5. The molecule has 2 atom stereocenters. The Balaban J connectivity index is 1.15. The molecule has 2 aromatic carbocycles. The van der Waals surface area contributed by atoms with Crippen molar-refractivity contribution >= 4 is 46.5 Å². The maximum Gasteiger partial charge on any atom is 0.348 e. The van der Waals surface area contributed by atoms with Crippen molar-refractivity contribution in [3.63, 3.8) is 0 Å². The number of pyridine rings is 1. The second-order valence-corrected chi connectivity index (χ2v) is 14.5. The van der Waals surface area contributed by atoms with Crippen LogP contribution in [0.3, 0.4) is 0 Å². The highest BCUT2D eigenvalue weighted by molar-refractivity contribution is 7.13. The Hall–Kier alpha value is -3.67. The normalized spacial score (nSPS) is 19.6. The van der Waals surface area contributed by atoms with Crippen LogP contribution in [-0.4, -0.2) is 57.3 Å². The van der Waals surface area contributed by atoms with Crippen LogP contribution in [0.4, 0.5) is 0 Å². The molecule has 7 rings (SSSR count). The summed E-state index contributed by atoms with van der Waals surface area (Å²) >= 11 is 14.3. The van der Waals surface area contributed by atoms with Gasteiger partial charge in [0.2, 0.25) is 0 Å². The molecule has 3 aliphatic heterocycles. The van der Waals surface area contributed by atoms with E-state index in [4.69, 9.17) is 42.1 Å². The van der Waals surface area contributed by atoms with Crippen molar-refractivity contribution in [2.24, 2.45) is 5.41 Å². The van der Waals surface area contributed by atoms with Crippen molar-refractivity contribution in [3.8, 4) is 11.5 Å². The zero-order chi connectivity index (χ0) is 34.4. The number of fused-ring (bicyclic) bond motifs is 3. The third-order valence-electron chi connectivity index (χ3n) is 9.52. The summed E-state index contributed by atoms with van der Waals surface area (Å²) in [6, 6.07) is 17.9. The number of ether oxygens (including phenoxy) is 4. The smallest absolute Gasteiger partial charge is 0.348 e. The summed E-state index contributed by atoms with van der Waals surface area (Å²) in [5.74, 6) is 0.258. The minimum atomic E-state index is -0.735. The summed E-state index contributed by atoms with van der Waals surface area (Å²) in [6.07, 6.45) is 5.95. The molecule has 3 aliphatic rings. The second kappa shape index (κ2) is 15.9. The van der Waals surface area contributed by atoms with Gasteiger partial charge < -0.3 is 23.8 Å². The first kappa shape index (κ1) is 35.2. The number of methoxy groups -OCH3 is 2. The van der Waals surface area contributed by atoms with E-state index in [0.29, 0.717) is 50.7 Å². The summed E-state index contributed by atoms with van der Waals surface area (Å²) in [6.45, 7) is 4.02. The summed E-state index contributed by atoms with van der Waals surface area (Å²) in [5.41, 5.74) is 2.23. The van der Waals surface area contributed by atoms with Crippen molar-refractivity contribution in [1.82, 2.24) is 10.2 Å². The molecule has 0 radical (unpaired) electrons. The lowest BCUT2D eigenvalue weighted by molar-refractivity contribution is -0.377. The van der Waals surface area contributed by atoms with Gasteiger partial charge in [0.25, 0.3) is 0 Å². The first-order valence-electron chi connectivity index (χ1n) is 16.3. The van der Waals surface area contributed by atoms with Crippen LogP contribution in [0.25, 0.3) is 0 Å². The fourth-order valence-electron chi connectivity index (χ4n) is 6.51. The van der Waals surface area contributed by atoms with E-state index in [1.54, 1.807) is 44.8 Å². The number of H-pyrrole nitrogens is 1. The number of carbonyl (C=O) groups is 2. The number of benzene rings is 2. The lowest BCUT2D eigenvalue weighted by Crippen LogP contribution is -2.50. The zero-order valence-electron chi connectivity index (χ0n) is 27.5. The van der Waals surface area contributed by atoms with Crippen LogP contribution < -0.4 is 19.8 Å². The Kier molecular flexibility index (Phi) is 11.4. The molecule has 12 heteroatoms. The molecule has 3 saturated heterocycles. The molecule has 2 N–H and O–H groups in total. The van der Waals surface area contributed by atoms with Crippen LogP contribution in [-0.2, 0) is 27.2 Å². The molecule has 0 spiro atoms. The number of aromatic amines is 1. The predicted molar refractivity (Wildman–Crippen MR) is 188 cm³/mol. The molecule has 4 aromatic rings. The summed E-state index contributed by atoms with van der Waals surface area (Å²) in [4.78, 5) is 33.8. The van der Waals surface area contributed by atoms with E-state index in [1.165, 1.54) is 11.3 Å². The minimum absolute atomic E-state index is 0.0824. The SMILES string of the molecule is COc1ccc([C@H](Cc2c(Cl)c[nH+]cc2Cl)OC(=O)c2ccc(CNC(C(=O)OCC34CCN(CC3)CC4)c3ccccc3)s2)cc1OC. The van der Waals surface area contributed by atoms with Crippen LogP contribution in [0.1, 0.15) is 62.6 Å². The molecular formula is C37H40Cl2N3O6S+. The first-order valence-corrected chi connectivity index (χ1v) is 17.9. The molecule has 0 aliphatic carbocycles. The van der Waals surface area contributed by atoms with E-state index >= 15 is 0 Å². The van der Waals surface area contributed by atoms with Crippen LogP contribution in [0.2, 0.25) is 10.0 Å². The Labute approximate surface area is 300 Å². The number of esters is 2. The molecule has 3 fully saturated rings. The molecule has 5 heterocycles. The number of piperidine rings is 3. The van der Waals surface area contributed by atoms with E-state index < -0.39 is 18.1 Å². The van der Waals surface area contributed by atoms with E-state index in [2.05, 4.69) is 15.2 Å². The van der Waals surface area contributed by atoms with Gasteiger partial charge in [-0.25, -0.2) is 14.6 Å². The van der Waals surface area contributed by atoms with Crippen molar-refractivity contribution < 1.29 is 33.5 Å². The van der Waals surface area contributed by atoms with Gasteiger partial charge in [-0.05, 0) is 74.3 Å². The Morgan fingerprint density at radius 3 is 2.29 bits per heavy atom. The second-order valence-electron chi connectivity index (χ2n) is 12.5. The van der Waals surface area contributed by atoms with Crippen molar-refractivity contribution in [1.29, 1.82) is 0 Å². The quantitative estimate of drug-likeness (QED) is 0.141. The largest absolute Gasteiger partial charge is 0.493 e. The van der Waals surface area contributed by atoms with E-state index in [-0.39, 0.29) is 17.8 Å². The summed E-state index contributed by atoms with van der Waals surface area (Å²) < 4.78 is 23.0. The van der Waals surface area contributed by atoms with Crippen LogP contribution in [0.15, 0.2) is 73.1 Å². The number of halogens is 2. The number of rotatable bonds is 14. The molecule has 49 heavy (non-hydrogen) atoms. The summed E-state index contributed by atoms with van der Waals surface area (Å²) in [5, 5.41) is 4.23. The zero-order valence-corrected chi connectivity index (χ0v) is 29.8. The Morgan fingerprint density at radius 1 is 0.918 bits per heavy atom. The third-order valence-corrected chi connectivity index (χ3v) is 11.3. The number of nitrogens with one attached hydrogen (secondary N) is 2. The lowest BCUT2D eigenvalue weighted by Gasteiger charge is -2.48. The lowest BCUT2D eigenvalue weighted by atomic mass is 9.73. The van der Waals surface area contributed by atoms with Crippen LogP contribution >= 0.6 is 34.5 Å². The van der Waals surface area contributed by atoms with Gasteiger partial charge in [-0.15, -0.1) is 11.3 Å². The van der Waals surface area contributed by atoms with Gasteiger partial charge in [0, 0.05) is 28.8 Å². The molecule has 2 bridgehead atoms.